The number of fused-ring (bicyclic) bond motifs is 3. The molecule has 0 N–H and O–H groups in total. The van der Waals surface area contributed by atoms with E-state index in [4.69, 9.17) is 14.5 Å². The summed E-state index contributed by atoms with van der Waals surface area (Å²) in [5.74, 6) is 1.22. The first-order valence-corrected chi connectivity index (χ1v) is 10.0. The van der Waals surface area contributed by atoms with Crippen LogP contribution in [0.2, 0.25) is 0 Å². The van der Waals surface area contributed by atoms with Crippen LogP contribution >= 0.6 is 11.8 Å². The first-order chi connectivity index (χ1) is 13.0. The Hall–Kier alpha value is -2.09. The van der Waals surface area contributed by atoms with Gasteiger partial charge in [-0.05, 0) is 31.6 Å². The molecule has 7 heteroatoms. The molecule has 0 saturated heterocycles. The van der Waals surface area contributed by atoms with Crippen LogP contribution in [0.3, 0.4) is 0 Å². The fourth-order valence-corrected chi connectivity index (χ4v) is 5.35. The van der Waals surface area contributed by atoms with Crippen molar-refractivity contribution in [2.75, 3.05) is 19.7 Å². The number of rotatable bonds is 4. The van der Waals surface area contributed by atoms with Gasteiger partial charge >= 0.3 is 12.0 Å². The van der Waals surface area contributed by atoms with E-state index in [-0.39, 0.29) is 10.6 Å². The predicted octanol–water partition coefficient (Wildman–Crippen LogP) is 4.46. The summed E-state index contributed by atoms with van der Waals surface area (Å²) in [7, 11) is 1.44. The van der Waals surface area contributed by atoms with Crippen molar-refractivity contribution in [1.29, 1.82) is 0 Å². The summed E-state index contributed by atoms with van der Waals surface area (Å²) in [6.45, 7) is 6.71. The number of ether oxygens (including phenoxy) is 2. The van der Waals surface area contributed by atoms with Crippen molar-refractivity contribution in [2.45, 2.75) is 37.8 Å². The molecule has 2 aliphatic heterocycles. The average Bonchev–Trinajstić information content (AvgIpc) is 3.17. The lowest BCUT2D eigenvalue weighted by atomic mass is 9.80. The zero-order valence-electron chi connectivity index (χ0n) is 16.1. The number of hydrogen-bond acceptors (Lipinski definition) is 5. The molecule has 1 aromatic heterocycles. The summed E-state index contributed by atoms with van der Waals surface area (Å²) in [6, 6.07) is 0. The van der Waals surface area contributed by atoms with Gasteiger partial charge in [-0.3, -0.25) is 0 Å². The molecule has 1 spiro atoms. The highest BCUT2D eigenvalue weighted by Crippen LogP contribution is 2.58. The van der Waals surface area contributed by atoms with Gasteiger partial charge in [0, 0.05) is 20.0 Å². The van der Waals surface area contributed by atoms with Crippen LogP contribution in [-0.4, -0.2) is 40.8 Å². The highest BCUT2D eigenvalue weighted by Gasteiger charge is 2.70. The van der Waals surface area contributed by atoms with Crippen molar-refractivity contribution in [3.63, 3.8) is 0 Å². The first-order valence-electron chi connectivity index (χ1n) is 9.06. The van der Waals surface area contributed by atoms with E-state index in [9.17, 15) is 4.79 Å². The molecule has 0 radical (unpaired) electrons. The number of quaternary nitrogens is 1. The average molecular weight is 386 g/mol. The van der Waals surface area contributed by atoms with Crippen LogP contribution in [0.25, 0.3) is 5.70 Å². The van der Waals surface area contributed by atoms with E-state index < -0.39 is 5.54 Å². The molecule has 1 aliphatic carbocycles. The van der Waals surface area contributed by atoms with E-state index in [1.54, 1.807) is 11.8 Å². The van der Waals surface area contributed by atoms with Crippen molar-refractivity contribution in [3.05, 3.63) is 47.8 Å². The van der Waals surface area contributed by atoms with E-state index in [2.05, 4.69) is 29.7 Å². The minimum atomic E-state index is -0.574. The molecule has 27 heavy (non-hydrogen) atoms. The molecule has 3 aliphatic rings. The Morgan fingerprint density at radius 1 is 1.44 bits per heavy atom. The molecular formula is C20H24N3O3S+. The second kappa shape index (κ2) is 6.51. The molecule has 0 aromatic carbocycles. The van der Waals surface area contributed by atoms with Crippen LogP contribution in [0.5, 0.6) is 0 Å². The number of allylic oxidation sites excluding steroid dienone is 5. The smallest absolute Gasteiger partial charge is 0.423 e. The van der Waals surface area contributed by atoms with E-state index in [0.717, 1.165) is 22.0 Å². The molecule has 4 rings (SSSR count). The first kappa shape index (κ1) is 18.3. The van der Waals surface area contributed by atoms with E-state index in [0.29, 0.717) is 24.9 Å². The summed E-state index contributed by atoms with van der Waals surface area (Å²) in [5, 5.41) is 0.972. The Balaban J connectivity index is 2.01. The molecule has 2 unspecified atom stereocenters. The number of nitrogens with zero attached hydrogens (tertiary/aromatic N) is 3. The highest BCUT2D eigenvalue weighted by atomic mass is 32.2. The van der Waals surface area contributed by atoms with Gasteiger partial charge in [0.1, 0.15) is 10.7 Å². The van der Waals surface area contributed by atoms with Gasteiger partial charge in [-0.1, -0.05) is 30.0 Å². The fourth-order valence-electron chi connectivity index (χ4n) is 4.55. The maximum absolute atomic E-state index is 13.3. The van der Waals surface area contributed by atoms with Gasteiger partial charge in [-0.25, -0.2) is 4.57 Å². The van der Waals surface area contributed by atoms with E-state index in [1.165, 1.54) is 7.11 Å². The number of amides is 1. The van der Waals surface area contributed by atoms with E-state index in [1.807, 2.05) is 32.2 Å². The lowest BCUT2D eigenvalue weighted by molar-refractivity contribution is 0.118. The minimum absolute atomic E-state index is 0.0494. The van der Waals surface area contributed by atoms with Crippen molar-refractivity contribution in [3.8, 4) is 0 Å². The zero-order valence-corrected chi connectivity index (χ0v) is 16.9. The van der Waals surface area contributed by atoms with Crippen LogP contribution in [-0.2, 0) is 9.47 Å². The maximum atomic E-state index is 13.3. The van der Waals surface area contributed by atoms with Crippen molar-refractivity contribution in [2.24, 2.45) is 0 Å². The summed E-state index contributed by atoms with van der Waals surface area (Å²) >= 11 is 1.59. The summed E-state index contributed by atoms with van der Waals surface area (Å²) in [5.41, 5.74) is 2.54. The van der Waals surface area contributed by atoms with Crippen LogP contribution < -0.4 is 4.48 Å². The molecule has 3 heterocycles. The summed E-state index contributed by atoms with van der Waals surface area (Å²) in [6.07, 6.45) is 12.6. The third kappa shape index (κ3) is 2.16. The molecule has 6 nitrogen and oxygen atoms in total. The highest BCUT2D eigenvalue weighted by molar-refractivity contribution is 7.99. The molecule has 142 valence electrons. The zero-order chi connectivity index (χ0) is 19.2. The second-order valence-electron chi connectivity index (χ2n) is 6.86. The standard InChI is InChI=1S/C20H24N3O3S/c1-5-26-13-27-16-12-21-18-22(16)17-14(2)8-6-10-20(17)11-7-9-15(3)23(18,20)19(24)25-4/h6-9,11-12H,5,10,13H2,1-4H3/q+1. The molecule has 0 fully saturated rings. The van der Waals surface area contributed by atoms with Gasteiger partial charge in [-0.15, -0.1) is 4.48 Å². The quantitative estimate of drug-likeness (QED) is 0.331. The maximum Gasteiger partial charge on any atom is 0.529 e. The molecule has 1 aromatic rings. The van der Waals surface area contributed by atoms with Gasteiger partial charge in [-0.2, -0.15) is 9.78 Å². The Bertz CT molecular complexity index is 927. The number of aromatic nitrogens is 2. The number of hydrogen-bond donors (Lipinski definition) is 0. The third-order valence-electron chi connectivity index (χ3n) is 5.59. The topological polar surface area (TPSA) is 53.4 Å². The van der Waals surface area contributed by atoms with Crippen molar-refractivity contribution in [1.82, 2.24) is 14.0 Å². The number of methoxy groups -OCH3 is 1. The van der Waals surface area contributed by atoms with Gasteiger partial charge in [0.15, 0.2) is 5.54 Å². The lowest BCUT2D eigenvalue weighted by Gasteiger charge is -2.43. The van der Waals surface area contributed by atoms with Gasteiger partial charge in [0.05, 0.1) is 24.9 Å². The Morgan fingerprint density at radius 2 is 2.26 bits per heavy atom. The van der Waals surface area contributed by atoms with Crippen LogP contribution in [0.1, 0.15) is 27.2 Å². The molecular weight excluding hydrogens is 362 g/mol. The number of imidazole rings is 1. The molecule has 2 atom stereocenters. The van der Waals surface area contributed by atoms with Gasteiger partial charge < -0.3 is 9.47 Å². The summed E-state index contributed by atoms with van der Waals surface area (Å²) < 4.78 is 12.9. The Labute approximate surface area is 163 Å². The largest absolute Gasteiger partial charge is 0.529 e. The number of thioether (sulfide) groups is 1. The van der Waals surface area contributed by atoms with Gasteiger partial charge in [0.25, 0.3) is 0 Å². The van der Waals surface area contributed by atoms with E-state index >= 15 is 0 Å². The minimum Gasteiger partial charge on any atom is -0.423 e. The monoisotopic (exact) mass is 386 g/mol. The molecule has 0 bridgehead atoms. The van der Waals surface area contributed by atoms with Crippen LogP contribution in [0.15, 0.2) is 52.9 Å². The normalized spacial score (nSPS) is 27.9. The van der Waals surface area contributed by atoms with Crippen LogP contribution in [0, 0.1) is 0 Å². The summed E-state index contributed by atoms with van der Waals surface area (Å²) in [4.78, 5) is 18.0. The van der Waals surface area contributed by atoms with Crippen LogP contribution in [0.4, 0.5) is 10.7 Å². The number of carbonyl (C=O) groups is 1. The van der Waals surface area contributed by atoms with Crippen molar-refractivity contribution < 1.29 is 14.3 Å². The predicted molar refractivity (Wildman–Crippen MR) is 107 cm³/mol. The Morgan fingerprint density at radius 3 is 3.00 bits per heavy atom. The third-order valence-corrected chi connectivity index (χ3v) is 6.46. The lowest BCUT2D eigenvalue weighted by Crippen LogP contribution is -2.66. The Kier molecular flexibility index (Phi) is 4.41. The van der Waals surface area contributed by atoms with Gasteiger partial charge in [0.2, 0.25) is 0 Å². The van der Waals surface area contributed by atoms with Crippen molar-refractivity contribution >= 4 is 29.5 Å². The number of carbonyl (C=O) groups excluding carboxylic acids is 1. The second-order valence-corrected chi connectivity index (χ2v) is 7.80. The molecule has 0 saturated carbocycles. The molecule has 1 amide bonds. The fraction of sp³-hybridized carbons (Fsp3) is 0.400. The SMILES string of the molecule is CCOCSc1cnc2n1C1=C(C)C=CCC13C=CC=C(C)[N+]23C(=O)OC.